The van der Waals surface area contributed by atoms with Crippen molar-refractivity contribution in [3.63, 3.8) is 0 Å². The first-order chi connectivity index (χ1) is 8.75. The molecule has 1 fully saturated rings. The molecule has 2 N–H and O–H groups in total. The summed E-state index contributed by atoms with van der Waals surface area (Å²) in [6.07, 6.45) is 2.12. The lowest BCUT2D eigenvalue weighted by Gasteiger charge is -2.25. The van der Waals surface area contributed by atoms with Crippen molar-refractivity contribution in [2.75, 3.05) is 12.8 Å². The molecule has 19 heavy (non-hydrogen) atoms. The van der Waals surface area contributed by atoms with Gasteiger partial charge in [0.15, 0.2) is 0 Å². The number of nitrogen functional groups attached to an aromatic ring is 1. The van der Waals surface area contributed by atoms with Gasteiger partial charge in [0.05, 0.1) is 10.7 Å². The highest BCUT2D eigenvalue weighted by molar-refractivity contribution is 7.89. The van der Waals surface area contributed by atoms with Crippen molar-refractivity contribution in [1.82, 2.24) is 4.31 Å². The number of hydrogen-bond donors (Lipinski definition) is 1. The predicted octanol–water partition coefficient (Wildman–Crippen LogP) is 2.99. The quantitative estimate of drug-likeness (QED) is 0.867. The van der Waals surface area contributed by atoms with Gasteiger partial charge in [-0.3, -0.25) is 0 Å². The number of anilines is 1. The number of hydrogen-bond acceptors (Lipinski definition) is 3. The van der Waals surface area contributed by atoms with Crippen LogP contribution in [0.4, 0.5) is 5.69 Å². The standard InChI is InChI=1S/C12H16Cl2N2O2S/c1-7(8-3-4-8)16(2)19(17,18)12-10(14)5-9(13)6-11(12)15/h5-8H,3-4,15H2,1-2H3. The summed E-state index contributed by atoms with van der Waals surface area (Å²) >= 11 is 11.8. The summed E-state index contributed by atoms with van der Waals surface area (Å²) < 4.78 is 26.5. The van der Waals surface area contributed by atoms with Gasteiger partial charge in [0.25, 0.3) is 0 Å². The molecule has 0 saturated heterocycles. The van der Waals surface area contributed by atoms with E-state index >= 15 is 0 Å². The monoisotopic (exact) mass is 322 g/mol. The summed E-state index contributed by atoms with van der Waals surface area (Å²) in [6, 6.07) is 2.73. The molecule has 1 unspecified atom stereocenters. The molecule has 106 valence electrons. The Hall–Kier alpha value is -0.490. The van der Waals surface area contributed by atoms with E-state index in [1.807, 2.05) is 6.92 Å². The van der Waals surface area contributed by atoms with E-state index in [-0.39, 0.29) is 21.6 Å². The van der Waals surface area contributed by atoms with Crippen LogP contribution in [0.3, 0.4) is 0 Å². The average Bonchev–Trinajstić information content (AvgIpc) is 3.08. The van der Waals surface area contributed by atoms with E-state index in [1.165, 1.54) is 16.4 Å². The number of rotatable bonds is 4. The van der Waals surface area contributed by atoms with Crippen LogP contribution >= 0.6 is 23.2 Å². The van der Waals surface area contributed by atoms with E-state index in [2.05, 4.69) is 0 Å². The normalized spacial score (nSPS) is 17.7. The zero-order valence-electron chi connectivity index (χ0n) is 10.7. The van der Waals surface area contributed by atoms with Gasteiger partial charge >= 0.3 is 0 Å². The fourth-order valence-corrected chi connectivity index (χ4v) is 4.45. The molecule has 1 saturated carbocycles. The van der Waals surface area contributed by atoms with Gasteiger partial charge in [-0.2, -0.15) is 4.31 Å². The van der Waals surface area contributed by atoms with Crippen molar-refractivity contribution in [1.29, 1.82) is 0 Å². The highest BCUT2D eigenvalue weighted by Crippen LogP contribution is 2.39. The third kappa shape index (κ3) is 2.84. The third-order valence-corrected chi connectivity index (χ3v) is 6.24. The van der Waals surface area contributed by atoms with E-state index in [0.717, 1.165) is 12.8 Å². The second-order valence-corrected chi connectivity index (χ2v) is 7.68. The Morgan fingerprint density at radius 1 is 1.37 bits per heavy atom. The lowest BCUT2D eigenvalue weighted by molar-refractivity contribution is 0.357. The minimum Gasteiger partial charge on any atom is -0.398 e. The minimum atomic E-state index is -3.70. The molecule has 0 amide bonds. The lowest BCUT2D eigenvalue weighted by Crippen LogP contribution is -2.36. The Kier molecular flexibility index (Phi) is 4.02. The van der Waals surface area contributed by atoms with Crippen LogP contribution < -0.4 is 5.73 Å². The van der Waals surface area contributed by atoms with Crippen molar-refractivity contribution in [2.45, 2.75) is 30.7 Å². The fraction of sp³-hybridized carbons (Fsp3) is 0.500. The van der Waals surface area contributed by atoms with Crippen molar-refractivity contribution < 1.29 is 8.42 Å². The summed E-state index contributed by atoms with van der Waals surface area (Å²) in [6.45, 7) is 1.90. The molecule has 0 radical (unpaired) electrons. The smallest absolute Gasteiger partial charge is 0.246 e. The second-order valence-electron chi connectivity index (χ2n) is 4.91. The van der Waals surface area contributed by atoms with Crippen molar-refractivity contribution in [3.8, 4) is 0 Å². The number of nitrogens with two attached hydrogens (primary N) is 1. The molecule has 0 heterocycles. The van der Waals surface area contributed by atoms with Gasteiger partial charge < -0.3 is 5.73 Å². The Balaban J connectivity index is 2.44. The maximum atomic E-state index is 12.6. The summed E-state index contributed by atoms with van der Waals surface area (Å²) in [4.78, 5) is -0.0615. The Morgan fingerprint density at radius 3 is 2.42 bits per heavy atom. The van der Waals surface area contributed by atoms with Crippen LogP contribution in [0.2, 0.25) is 10.0 Å². The molecule has 1 aromatic carbocycles. The maximum absolute atomic E-state index is 12.6. The molecule has 1 aromatic rings. The predicted molar refractivity (Wildman–Crippen MR) is 78.0 cm³/mol. The Bertz CT molecular complexity index is 577. The zero-order valence-corrected chi connectivity index (χ0v) is 13.1. The first-order valence-corrected chi connectivity index (χ1v) is 8.17. The molecule has 2 rings (SSSR count). The average molecular weight is 323 g/mol. The molecule has 1 atom stereocenters. The molecule has 0 aromatic heterocycles. The van der Waals surface area contributed by atoms with Crippen LogP contribution in [0.5, 0.6) is 0 Å². The summed E-state index contributed by atoms with van der Waals surface area (Å²) in [7, 11) is -2.15. The summed E-state index contributed by atoms with van der Waals surface area (Å²) in [5.74, 6) is 0.423. The van der Waals surface area contributed by atoms with Gasteiger partial charge in [0.2, 0.25) is 10.0 Å². The van der Waals surface area contributed by atoms with Gasteiger partial charge in [-0.25, -0.2) is 8.42 Å². The summed E-state index contributed by atoms with van der Waals surface area (Å²) in [5, 5.41) is 0.374. The largest absolute Gasteiger partial charge is 0.398 e. The lowest BCUT2D eigenvalue weighted by atomic mass is 10.2. The second kappa shape index (κ2) is 5.13. The maximum Gasteiger partial charge on any atom is 0.246 e. The highest BCUT2D eigenvalue weighted by Gasteiger charge is 2.37. The van der Waals surface area contributed by atoms with E-state index in [4.69, 9.17) is 28.9 Å². The molecule has 0 aliphatic heterocycles. The van der Waals surface area contributed by atoms with Crippen molar-refractivity contribution in [2.24, 2.45) is 5.92 Å². The van der Waals surface area contributed by atoms with Crippen LogP contribution in [0.1, 0.15) is 19.8 Å². The van der Waals surface area contributed by atoms with E-state index in [0.29, 0.717) is 10.9 Å². The summed E-state index contributed by atoms with van der Waals surface area (Å²) in [5.41, 5.74) is 5.84. The number of halogens is 2. The van der Waals surface area contributed by atoms with E-state index < -0.39 is 10.0 Å². The number of sulfonamides is 1. The van der Waals surface area contributed by atoms with E-state index in [9.17, 15) is 8.42 Å². The number of nitrogens with zero attached hydrogens (tertiary/aromatic N) is 1. The molecule has 0 bridgehead atoms. The van der Waals surface area contributed by atoms with Gasteiger partial charge in [-0.05, 0) is 37.8 Å². The molecular weight excluding hydrogens is 307 g/mol. The van der Waals surface area contributed by atoms with Gasteiger partial charge in [-0.15, -0.1) is 0 Å². The molecule has 4 nitrogen and oxygen atoms in total. The SMILES string of the molecule is CC(C1CC1)N(C)S(=O)(=O)c1c(N)cc(Cl)cc1Cl. The topological polar surface area (TPSA) is 63.4 Å². The molecular formula is C12H16Cl2N2O2S. The van der Waals surface area contributed by atoms with Crippen LogP contribution in [-0.4, -0.2) is 25.8 Å². The Labute approximate surface area is 123 Å². The molecule has 1 aliphatic rings. The Morgan fingerprint density at radius 2 is 1.95 bits per heavy atom. The van der Waals surface area contributed by atoms with Crippen molar-refractivity contribution >= 4 is 38.9 Å². The van der Waals surface area contributed by atoms with Gasteiger partial charge in [0.1, 0.15) is 4.90 Å². The third-order valence-electron chi connectivity index (χ3n) is 3.55. The number of benzene rings is 1. The molecule has 0 spiro atoms. The highest BCUT2D eigenvalue weighted by atomic mass is 35.5. The van der Waals surface area contributed by atoms with Gasteiger partial charge in [-0.1, -0.05) is 23.2 Å². The van der Waals surface area contributed by atoms with Crippen molar-refractivity contribution in [3.05, 3.63) is 22.2 Å². The molecule has 7 heteroatoms. The van der Waals surface area contributed by atoms with Crippen LogP contribution in [0.25, 0.3) is 0 Å². The first kappa shape index (κ1) is 14.9. The molecule has 1 aliphatic carbocycles. The first-order valence-electron chi connectivity index (χ1n) is 5.97. The van der Waals surface area contributed by atoms with Crippen LogP contribution in [0.15, 0.2) is 17.0 Å². The zero-order chi connectivity index (χ0) is 14.4. The van der Waals surface area contributed by atoms with Crippen LogP contribution in [-0.2, 0) is 10.0 Å². The van der Waals surface area contributed by atoms with E-state index in [1.54, 1.807) is 7.05 Å². The fourth-order valence-electron chi connectivity index (χ4n) is 2.09. The minimum absolute atomic E-state index is 0.0554. The van der Waals surface area contributed by atoms with Gasteiger partial charge in [0, 0.05) is 18.1 Å². The van der Waals surface area contributed by atoms with Crippen LogP contribution in [0, 0.1) is 5.92 Å².